The van der Waals surface area contributed by atoms with Gasteiger partial charge in [-0.2, -0.15) is 0 Å². The average molecular weight is 344 g/mol. The van der Waals surface area contributed by atoms with Crippen LogP contribution in [-0.2, 0) is 20.6 Å². The maximum absolute atomic E-state index is 12.8. The van der Waals surface area contributed by atoms with Crippen LogP contribution in [0.1, 0.15) is 28.4 Å². The summed E-state index contributed by atoms with van der Waals surface area (Å²) < 4.78 is 2.01. The molecule has 134 valence electrons. The van der Waals surface area contributed by atoms with Crippen molar-refractivity contribution in [1.29, 1.82) is 0 Å². The fourth-order valence-corrected chi connectivity index (χ4v) is 2.62. The minimum atomic E-state index is -0.666. The molecule has 0 aliphatic rings. The molecule has 1 unspecified atom stereocenters. The molecule has 0 aliphatic heterocycles. The van der Waals surface area contributed by atoms with E-state index in [1.54, 1.807) is 6.92 Å². The Labute approximate surface area is 146 Å². The molecule has 0 saturated heterocycles. The molecule has 2 N–H and O–H groups in total. The van der Waals surface area contributed by atoms with Crippen LogP contribution in [0.25, 0.3) is 0 Å². The molecule has 25 heavy (non-hydrogen) atoms. The van der Waals surface area contributed by atoms with Crippen LogP contribution in [0.5, 0.6) is 0 Å². The van der Waals surface area contributed by atoms with Crippen molar-refractivity contribution >= 4 is 11.6 Å². The molecular formula is C18H24N4O3. The number of hydrogen-bond acceptors (Lipinski definition) is 5. The van der Waals surface area contributed by atoms with Crippen molar-refractivity contribution < 1.29 is 4.79 Å². The Kier molecular flexibility index (Phi) is 5.27. The highest BCUT2D eigenvalue weighted by molar-refractivity contribution is 6.03. The van der Waals surface area contributed by atoms with Crippen LogP contribution in [0.3, 0.4) is 0 Å². The molecule has 1 heterocycles. The van der Waals surface area contributed by atoms with E-state index in [2.05, 4.69) is 0 Å². The standard InChI is InChI=1S/C18H24N4O3/c1-11-6-8-13(9-7-11)10-20(3)12(2)15(23)14-16(19)21(4)18(25)22(5)17(14)24/h6-9,12H,10,19H2,1-5H3. The lowest BCUT2D eigenvalue weighted by atomic mass is 10.0. The summed E-state index contributed by atoms with van der Waals surface area (Å²) in [5.41, 5.74) is 6.73. The van der Waals surface area contributed by atoms with E-state index in [0.717, 1.165) is 20.3 Å². The second-order valence-electron chi connectivity index (χ2n) is 6.41. The molecule has 2 rings (SSSR count). The monoisotopic (exact) mass is 344 g/mol. The first-order valence-corrected chi connectivity index (χ1v) is 8.00. The molecule has 0 aliphatic carbocycles. The Morgan fingerprint density at radius 3 is 2.28 bits per heavy atom. The van der Waals surface area contributed by atoms with Crippen LogP contribution in [-0.4, -0.2) is 32.9 Å². The first kappa shape index (κ1) is 18.7. The van der Waals surface area contributed by atoms with Crippen LogP contribution in [0.2, 0.25) is 0 Å². The second kappa shape index (κ2) is 7.06. The number of likely N-dealkylation sites (N-methyl/N-ethyl adjacent to an activating group) is 1. The molecule has 0 amide bonds. The van der Waals surface area contributed by atoms with Crippen molar-refractivity contribution in [2.24, 2.45) is 14.1 Å². The van der Waals surface area contributed by atoms with E-state index in [9.17, 15) is 14.4 Å². The van der Waals surface area contributed by atoms with E-state index in [1.165, 1.54) is 14.1 Å². The quantitative estimate of drug-likeness (QED) is 0.806. The highest BCUT2D eigenvalue weighted by Crippen LogP contribution is 2.13. The van der Waals surface area contributed by atoms with Crippen LogP contribution in [0, 0.1) is 6.92 Å². The van der Waals surface area contributed by atoms with E-state index in [0.29, 0.717) is 6.54 Å². The molecule has 1 atom stereocenters. The summed E-state index contributed by atoms with van der Waals surface area (Å²) in [5.74, 6) is -0.503. The van der Waals surface area contributed by atoms with Gasteiger partial charge in [0.25, 0.3) is 5.56 Å². The molecule has 7 nitrogen and oxygen atoms in total. The van der Waals surface area contributed by atoms with Crippen molar-refractivity contribution in [3.8, 4) is 0 Å². The third-order valence-electron chi connectivity index (χ3n) is 4.55. The van der Waals surface area contributed by atoms with Gasteiger partial charge in [-0.05, 0) is 26.5 Å². The largest absolute Gasteiger partial charge is 0.384 e. The van der Waals surface area contributed by atoms with Crippen LogP contribution >= 0.6 is 0 Å². The fraction of sp³-hybridized carbons (Fsp3) is 0.389. The molecule has 0 bridgehead atoms. The summed E-state index contributed by atoms with van der Waals surface area (Å²) >= 11 is 0. The maximum atomic E-state index is 12.8. The summed E-state index contributed by atoms with van der Waals surface area (Å²) in [6.45, 7) is 4.29. The number of anilines is 1. The summed E-state index contributed by atoms with van der Waals surface area (Å²) in [7, 11) is 4.58. The predicted octanol–water partition coefficient (Wildman–Crippen LogP) is 0.678. The molecule has 0 fully saturated rings. The highest BCUT2D eigenvalue weighted by atomic mass is 16.2. The summed E-state index contributed by atoms with van der Waals surface area (Å²) in [5, 5.41) is 0. The predicted molar refractivity (Wildman–Crippen MR) is 97.8 cm³/mol. The number of Topliss-reactive ketones (excluding diaryl/α,β-unsaturated/α-hetero) is 1. The zero-order chi connectivity index (χ0) is 18.9. The Hall–Kier alpha value is -2.67. The molecule has 7 heteroatoms. The Morgan fingerprint density at radius 2 is 1.72 bits per heavy atom. The third kappa shape index (κ3) is 3.56. The molecule has 2 aromatic rings. The van der Waals surface area contributed by atoms with E-state index in [4.69, 9.17) is 5.73 Å². The molecule has 1 aromatic carbocycles. The Bertz CT molecular complexity index is 910. The van der Waals surface area contributed by atoms with Gasteiger partial charge in [0.1, 0.15) is 11.4 Å². The van der Waals surface area contributed by atoms with Gasteiger partial charge in [-0.3, -0.25) is 23.6 Å². The van der Waals surface area contributed by atoms with E-state index >= 15 is 0 Å². The molecular weight excluding hydrogens is 320 g/mol. The third-order valence-corrected chi connectivity index (χ3v) is 4.55. The van der Waals surface area contributed by atoms with Crippen LogP contribution in [0.15, 0.2) is 33.9 Å². The number of nitrogens with zero attached hydrogens (tertiary/aromatic N) is 3. The van der Waals surface area contributed by atoms with Gasteiger partial charge in [-0.1, -0.05) is 29.8 Å². The van der Waals surface area contributed by atoms with Gasteiger partial charge in [0.2, 0.25) is 0 Å². The summed E-state index contributed by atoms with van der Waals surface area (Å²) in [4.78, 5) is 38.9. The van der Waals surface area contributed by atoms with E-state index < -0.39 is 23.1 Å². The number of hydrogen-bond donors (Lipinski definition) is 1. The van der Waals surface area contributed by atoms with E-state index in [-0.39, 0.29) is 11.4 Å². The Morgan fingerprint density at radius 1 is 1.16 bits per heavy atom. The van der Waals surface area contributed by atoms with Crippen molar-refractivity contribution in [2.45, 2.75) is 26.4 Å². The van der Waals surface area contributed by atoms with Crippen molar-refractivity contribution in [3.63, 3.8) is 0 Å². The smallest absolute Gasteiger partial charge is 0.332 e. The number of nitrogen functional groups attached to an aromatic ring is 1. The van der Waals surface area contributed by atoms with Crippen LogP contribution < -0.4 is 17.0 Å². The van der Waals surface area contributed by atoms with E-state index in [1.807, 2.05) is 43.1 Å². The average Bonchev–Trinajstić information content (AvgIpc) is 2.59. The zero-order valence-electron chi connectivity index (χ0n) is 15.2. The number of rotatable bonds is 5. The topological polar surface area (TPSA) is 90.3 Å². The number of benzene rings is 1. The first-order chi connectivity index (χ1) is 11.6. The lowest BCUT2D eigenvalue weighted by Crippen LogP contribution is -2.45. The SMILES string of the molecule is Cc1ccc(CN(C)C(C)C(=O)c2c(N)n(C)c(=O)n(C)c2=O)cc1. The van der Waals surface area contributed by atoms with Crippen LogP contribution in [0.4, 0.5) is 5.82 Å². The summed E-state index contributed by atoms with van der Waals surface area (Å²) in [6.07, 6.45) is 0. The maximum Gasteiger partial charge on any atom is 0.332 e. The lowest BCUT2D eigenvalue weighted by Gasteiger charge is -2.24. The van der Waals surface area contributed by atoms with Gasteiger partial charge < -0.3 is 5.73 Å². The minimum absolute atomic E-state index is 0.103. The van der Waals surface area contributed by atoms with Gasteiger partial charge in [-0.15, -0.1) is 0 Å². The summed E-state index contributed by atoms with van der Waals surface area (Å²) in [6, 6.07) is 7.46. The van der Waals surface area contributed by atoms with Gasteiger partial charge in [0.05, 0.1) is 6.04 Å². The molecule has 0 saturated carbocycles. The van der Waals surface area contributed by atoms with Crippen molar-refractivity contribution in [1.82, 2.24) is 14.0 Å². The Balaban J connectivity index is 2.32. The second-order valence-corrected chi connectivity index (χ2v) is 6.41. The van der Waals surface area contributed by atoms with Gasteiger partial charge in [0, 0.05) is 20.6 Å². The minimum Gasteiger partial charge on any atom is -0.384 e. The lowest BCUT2D eigenvalue weighted by molar-refractivity contribution is 0.0860. The molecule has 0 radical (unpaired) electrons. The highest BCUT2D eigenvalue weighted by Gasteiger charge is 2.27. The van der Waals surface area contributed by atoms with Crippen molar-refractivity contribution in [3.05, 3.63) is 61.8 Å². The van der Waals surface area contributed by atoms with Crippen molar-refractivity contribution in [2.75, 3.05) is 12.8 Å². The zero-order valence-corrected chi connectivity index (χ0v) is 15.2. The number of carbonyl (C=O) groups excluding carboxylic acids is 1. The fourth-order valence-electron chi connectivity index (χ4n) is 2.62. The molecule has 1 aromatic heterocycles. The van der Waals surface area contributed by atoms with Gasteiger partial charge >= 0.3 is 5.69 Å². The van der Waals surface area contributed by atoms with Gasteiger partial charge in [-0.25, -0.2) is 4.79 Å². The molecule has 0 spiro atoms. The number of aryl methyl sites for hydroxylation is 1. The number of carbonyl (C=O) groups is 1. The normalized spacial score (nSPS) is 12.4. The number of ketones is 1. The van der Waals surface area contributed by atoms with Gasteiger partial charge in [0.15, 0.2) is 5.78 Å². The number of nitrogens with two attached hydrogens (primary N) is 1. The first-order valence-electron chi connectivity index (χ1n) is 8.00. The number of aromatic nitrogens is 2.